The maximum atomic E-state index is 15.1. The Hall–Kier alpha value is -2.63. The Labute approximate surface area is 227 Å². The number of nitriles is 1. The molecule has 1 saturated heterocycles. The van der Waals surface area contributed by atoms with Crippen LogP contribution in [0, 0.1) is 52.6 Å². The van der Waals surface area contributed by atoms with E-state index in [1.165, 1.54) is 24.3 Å². The van der Waals surface area contributed by atoms with Gasteiger partial charge in [-0.25, -0.2) is 8.78 Å². The van der Waals surface area contributed by atoms with Gasteiger partial charge in [0, 0.05) is 23.5 Å². The Morgan fingerprint density at radius 3 is 2.03 bits per heavy atom. The van der Waals surface area contributed by atoms with Gasteiger partial charge in [-0.3, -0.25) is 0 Å². The fourth-order valence-corrected chi connectivity index (χ4v) is 6.51. The molecular formula is C31H35F4NO3. The van der Waals surface area contributed by atoms with Crippen molar-refractivity contribution < 1.29 is 31.8 Å². The van der Waals surface area contributed by atoms with Gasteiger partial charge in [-0.05, 0) is 93.0 Å². The van der Waals surface area contributed by atoms with E-state index in [1.807, 2.05) is 0 Å². The summed E-state index contributed by atoms with van der Waals surface area (Å²) in [7, 11) is 0. The van der Waals surface area contributed by atoms with Gasteiger partial charge in [-0.15, -0.1) is 0 Å². The second-order valence-corrected chi connectivity index (χ2v) is 11.5. The highest BCUT2D eigenvalue weighted by molar-refractivity contribution is 5.66. The van der Waals surface area contributed by atoms with Gasteiger partial charge in [-0.2, -0.15) is 14.0 Å². The van der Waals surface area contributed by atoms with Crippen LogP contribution in [0.1, 0.15) is 63.9 Å². The number of alkyl halides is 2. The van der Waals surface area contributed by atoms with E-state index >= 15 is 8.78 Å². The number of rotatable bonds is 6. The minimum Gasteiger partial charge on any atom is -0.432 e. The zero-order valence-electron chi connectivity index (χ0n) is 22.2. The molecular weight excluding hydrogens is 510 g/mol. The van der Waals surface area contributed by atoms with Gasteiger partial charge in [0.2, 0.25) is 0 Å². The van der Waals surface area contributed by atoms with E-state index in [-0.39, 0.29) is 28.7 Å². The van der Waals surface area contributed by atoms with E-state index in [4.69, 9.17) is 19.5 Å². The Morgan fingerprint density at radius 2 is 1.44 bits per heavy atom. The first-order chi connectivity index (χ1) is 18.7. The standard InChI is InChI=1S/C31H35F4NO3/c1-19-17-37-30(38-18-19)22-4-2-20(3-5-22)21-8-10-25(11-9-21)31(34,35)39-26-12-13-27(29(33)15-26)23-6-7-24(16-36)28(32)14-23/h6-7,12-15,19-22,25,30H,2-5,8-11,17-18H2,1H3. The molecule has 5 rings (SSSR count). The van der Waals surface area contributed by atoms with Crippen molar-refractivity contribution in [3.05, 3.63) is 53.6 Å². The highest BCUT2D eigenvalue weighted by Crippen LogP contribution is 2.46. The maximum Gasteiger partial charge on any atom is 0.400 e. The van der Waals surface area contributed by atoms with Crippen LogP contribution in [-0.4, -0.2) is 25.6 Å². The lowest BCUT2D eigenvalue weighted by atomic mass is 9.69. The molecule has 8 heteroatoms. The number of halogens is 4. The van der Waals surface area contributed by atoms with E-state index in [2.05, 4.69) is 6.92 Å². The first kappa shape index (κ1) is 27.9. The number of nitrogens with zero attached hydrogens (tertiary/aromatic N) is 1. The molecule has 0 amide bonds. The summed E-state index contributed by atoms with van der Waals surface area (Å²) in [6, 6.07) is 8.90. The predicted molar refractivity (Wildman–Crippen MR) is 138 cm³/mol. The molecule has 3 fully saturated rings. The quantitative estimate of drug-likeness (QED) is 0.344. The van der Waals surface area contributed by atoms with E-state index in [0.717, 1.165) is 63.9 Å². The van der Waals surface area contributed by atoms with Crippen molar-refractivity contribution in [2.24, 2.45) is 29.6 Å². The van der Waals surface area contributed by atoms with Gasteiger partial charge < -0.3 is 14.2 Å². The summed E-state index contributed by atoms with van der Waals surface area (Å²) < 4.78 is 75.7. The topological polar surface area (TPSA) is 51.5 Å². The van der Waals surface area contributed by atoms with Crippen molar-refractivity contribution in [3.8, 4) is 22.9 Å². The summed E-state index contributed by atoms with van der Waals surface area (Å²) in [5.41, 5.74) is 0.100. The Bertz CT molecular complexity index is 1170. The second-order valence-electron chi connectivity index (χ2n) is 11.5. The van der Waals surface area contributed by atoms with Crippen LogP contribution in [0.3, 0.4) is 0 Å². The molecule has 210 valence electrons. The van der Waals surface area contributed by atoms with Crippen molar-refractivity contribution in [1.29, 1.82) is 5.26 Å². The van der Waals surface area contributed by atoms with Gasteiger partial charge >= 0.3 is 6.11 Å². The lowest BCUT2D eigenvalue weighted by Crippen LogP contribution is -2.40. The Kier molecular flexibility index (Phi) is 8.49. The van der Waals surface area contributed by atoms with Crippen molar-refractivity contribution >= 4 is 0 Å². The zero-order valence-corrected chi connectivity index (χ0v) is 22.2. The summed E-state index contributed by atoms with van der Waals surface area (Å²) in [6.45, 7) is 3.62. The van der Waals surface area contributed by atoms with E-state index in [9.17, 15) is 8.78 Å². The summed E-state index contributed by atoms with van der Waals surface area (Å²) in [6.07, 6.45) is 2.99. The minimum absolute atomic E-state index is 0.0421. The molecule has 0 unspecified atom stereocenters. The first-order valence-corrected chi connectivity index (χ1v) is 14.0. The minimum atomic E-state index is -3.41. The van der Waals surface area contributed by atoms with Crippen LogP contribution in [0.15, 0.2) is 36.4 Å². The lowest BCUT2D eigenvalue weighted by Gasteiger charge is -2.41. The molecule has 0 atom stereocenters. The van der Waals surface area contributed by atoms with Crippen LogP contribution in [0.5, 0.6) is 5.75 Å². The molecule has 2 aromatic rings. The van der Waals surface area contributed by atoms with Crippen LogP contribution in [0.25, 0.3) is 11.1 Å². The van der Waals surface area contributed by atoms with Crippen LogP contribution >= 0.6 is 0 Å². The van der Waals surface area contributed by atoms with Gasteiger partial charge in [0.25, 0.3) is 0 Å². The molecule has 1 heterocycles. The molecule has 0 aromatic heterocycles. The molecule has 1 aliphatic heterocycles. The Morgan fingerprint density at radius 1 is 0.821 bits per heavy atom. The fraction of sp³-hybridized carbons (Fsp3) is 0.581. The number of hydrogen-bond donors (Lipinski definition) is 0. The lowest BCUT2D eigenvalue weighted by molar-refractivity contribution is -0.229. The average molecular weight is 546 g/mol. The monoisotopic (exact) mass is 545 g/mol. The van der Waals surface area contributed by atoms with Gasteiger partial charge in [-0.1, -0.05) is 13.0 Å². The summed E-state index contributed by atoms with van der Waals surface area (Å²) in [4.78, 5) is 0. The molecule has 2 aromatic carbocycles. The largest absolute Gasteiger partial charge is 0.432 e. The SMILES string of the molecule is CC1COC(C2CCC(C3CCC(C(F)(F)Oc4ccc(-c5ccc(C#N)c(F)c5)c(F)c4)CC3)CC2)OC1. The fourth-order valence-electron chi connectivity index (χ4n) is 6.51. The van der Waals surface area contributed by atoms with E-state index < -0.39 is 23.7 Å². The highest BCUT2D eigenvalue weighted by Gasteiger charge is 2.45. The average Bonchev–Trinajstić information content (AvgIpc) is 2.93. The predicted octanol–water partition coefficient (Wildman–Crippen LogP) is 8.10. The number of ether oxygens (including phenoxy) is 3. The third-order valence-corrected chi connectivity index (χ3v) is 8.80. The van der Waals surface area contributed by atoms with Crippen molar-refractivity contribution in [1.82, 2.24) is 0 Å². The maximum absolute atomic E-state index is 15.1. The van der Waals surface area contributed by atoms with E-state index in [1.54, 1.807) is 6.07 Å². The van der Waals surface area contributed by atoms with Gasteiger partial charge in [0.1, 0.15) is 23.5 Å². The third-order valence-electron chi connectivity index (χ3n) is 8.80. The van der Waals surface area contributed by atoms with E-state index in [0.29, 0.717) is 36.5 Å². The first-order valence-electron chi connectivity index (χ1n) is 14.0. The van der Waals surface area contributed by atoms with Gasteiger partial charge in [0.05, 0.1) is 24.7 Å². The molecule has 0 N–H and O–H groups in total. The second kappa shape index (κ2) is 11.9. The highest BCUT2D eigenvalue weighted by atomic mass is 19.3. The zero-order chi connectivity index (χ0) is 27.6. The summed E-state index contributed by atoms with van der Waals surface area (Å²) >= 11 is 0. The molecule has 2 saturated carbocycles. The smallest absolute Gasteiger partial charge is 0.400 e. The van der Waals surface area contributed by atoms with Crippen LogP contribution in [-0.2, 0) is 9.47 Å². The molecule has 2 aliphatic carbocycles. The number of hydrogen-bond acceptors (Lipinski definition) is 4. The number of benzene rings is 2. The van der Waals surface area contributed by atoms with Gasteiger partial charge in [0.15, 0.2) is 6.29 Å². The molecule has 0 spiro atoms. The molecule has 0 radical (unpaired) electrons. The van der Waals surface area contributed by atoms with Crippen molar-refractivity contribution in [2.45, 2.75) is 70.7 Å². The molecule has 3 aliphatic rings. The summed E-state index contributed by atoms with van der Waals surface area (Å²) in [5.74, 6) is -0.914. The molecule has 4 nitrogen and oxygen atoms in total. The van der Waals surface area contributed by atoms with Crippen LogP contribution in [0.2, 0.25) is 0 Å². The van der Waals surface area contributed by atoms with Crippen LogP contribution in [0.4, 0.5) is 17.6 Å². The molecule has 39 heavy (non-hydrogen) atoms. The Balaban J connectivity index is 1.12. The summed E-state index contributed by atoms with van der Waals surface area (Å²) in [5, 5.41) is 8.87. The van der Waals surface area contributed by atoms with Crippen molar-refractivity contribution in [2.75, 3.05) is 13.2 Å². The third kappa shape index (κ3) is 6.41. The molecule has 0 bridgehead atoms. The normalized spacial score (nSPS) is 29.9. The van der Waals surface area contributed by atoms with Crippen LogP contribution < -0.4 is 4.74 Å². The van der Waals surface area contributed by atoms with Crippen molar-refractivity contribution in [3.63, 3.8) is 0 Å².